The van der Waals surface area contributed by atoms with Crippen molar-refractivity contribution in [2.75, 3.05) is 5.32 Å². The minimum atomic E-state index is -1.13. The van der Waals surface area contributed by atoms with Gasteiger partial charge in [0, 0.05) is 5.69 Å². The summed E-state index contributed by atoms with van der Waals surface area (Å²) in [5, 5.41) is 2.57. The number of carbonyl (C=O) groups excluding carboxylic acids is 2. The van der Waals surface area contributed by atoms with Crippen molar-refractivity contribution in [1.29, 1.82) is 0 Å². The summed E-state index contributed by atoms with van der Waals surface area (Å²) in [5.74, 6) is -2.23. The van der Waals surface area contributed by atoms with Crippen LogP contribution in [0.4, 0.5) is 10.1 Å². The van der Waals surface area contributed by atoms with Crippen molar-refractivity contribution in [3.05, 3.63) is 64.3 Å². The molecule has 3 rings (SSSR count). The number of amides is 1. The summed E-state index contributed by atoms with van der Waals surface area (Å²) in [5.41, 5.74) is 0.946. The number of halogens is 1. The molecule has 25 heavy (non-hydrogen) atoms. The Kier molecular flexibility index (Phi) is 4.34. The predicted octanol–water partition coefficient (Wildman–Crippen LogP) is 2.18. The van der Waals surface area contributed by atoms with Crippen LogP contribution in [-0.4, -0.2) is 27.9 Å². The maximum Gasteiger partial charge on any atom is 0.341 e. The first-order chi connectivity index (χ1) is 11.9. The van der Waals surface area contributed by atoms with Crippen LogP contribution in [0.25, 0.3) is 11.0 Å². The largest absolute Gasteiger partial charge is 0.449 e. The first kappa shape index (κ1) is 16.4. The number of imidazole rings is 1. The van der Waals surface area contributed by atoms with Crippen LogP contribution in [0.15, 0.2) is 47.3 Å². The van der Waals surface area contributed by atoms with E-state index in [-0.39, 0.29) is 11.3 Å². The normalized spacial score (nSPS) is 11.9. The van der Waals surface area contributed by atoms with Gasteiger partial charge in [-0.1, -0.05) is 12.1 Å². The number of aromatic nitrogens is 2. The van der Waals surface area contributed by atoms with E-state index >= 15 is 0 Å². The first-order valence-electron chi connectivity index (χ1n) is 7.42. The van der Waals surface area contributed by atoms with Crippen molar-refractivity contribution < 1.29 is 18.7 Å². The average Bonchev–Trinajstić information content (AvgIpc) is 2.94. The highest BCUT2D eigenvalue weighted by Gasteiger charge is 2.21. The molecule has 3 aromatic rings. The molecule has 0 bridgehead atoms. The molecule has 0 unspecified atom stereocenters. The van der Waals surface area contributed by atoms with Crippen LogP contribution in [0.2, 0.25) is 0 Å². The van der Waals surface area contributed by atoms with Crippen LogP contribution in [0.1, 0.15) is 17.3 Å². The number of esters is 1. The fourth-order valence-corrected chi connectivity index (χ4v) is 2.26. The minimum absolute atomic E-state index is 0.242. The van der Waals surface area contributed by atoms with Crippen molar-refractivity contribution in [1.82, 2.24) is 9.97 Å². The Morgan fingerprint density at radius 2 is 1.84 bits per heavy atom. The molecule has 128 valence electrons. The van der Waals surface area contributed by atoms with Crippen molar-refractivity contribution in [3.63, 3.8) is 0 Å². The van der Waals surface area contributed by atoms with Gasteiger partial charge < -0.3 is 20.0 Å². The minimum Gasteiger partial charge on any atom is -0.449 e. The molecular weight excluding hydrogens is 329 g/mol. The van der Waals surface area contributed by atoms with E-state index < -0.39 is 23.8 Å². The Labute approximate surface area is 140 Å². The van der Waals surface area contributed by atoms with Gasteiger partial charge in [-0.25, -0.2) is 14.0 Å². The number of hydrogen-bond acceptors (Lipinski definition) is 4. The second kappa shape index (κ2) is 6.60. The summed E-state index contributed by atoms with van der Waals surface area (Å²) in [6.07, 6.45) is -1.13. The number of benzene rings is 2. The van der Waals surface area contributed by atoms with Crippen LogP contribution in [0.5, 0.6) is 0 Å². The van der Waals surface area contributed by atoms with E-state index in [1.165, 1.54) is 25.1 Å². The van der Waals surface area contributed by atoms with Gasteiger partial charge >= 0.3 is 11.7 Å². The molecule has 0 fully saturated rings. The summed E-state index contributed by atoms with van der Waals surface area (Å²) >= 11 is 0. The second-order valence-corrected chi connectivity index (χ2v) is 5.36. The molecule has 0 aliphatic carbocycles. The number of anilines is 1. The van der Waals surface area contributed by atoms with Crippen molar-refractivity contribution >= 4 is 28.6 Å². The lowest BCUT2D eigenvalue weighted by atomic mass is 10.2. The number of H-pyrrole nitrogens is 2. The molecule has 1 aromatic heterocycles. The summed E-state index contributed by atoms with van der Waals surface area (Å²) in [6, 6.07) is 10.1. The molecule has 8 heteroatoms. The van der Waals surface area contributed by atoms with E-state index in [1.54, 1.807) is 18.2 Å². The molecule has 2 aromatic carbocycles. The maximum atomic E-state index is 13.6. The highest BCUT2D eigenvalue weighted by Crippen LogP contribution is 2.15. The number of aromatic amines is 2. The van der Waals surface area contributed by atoms with Gasteiger partial charge in [-0.2, -0.15) is 0 Å². The van der Waals surface area contributed by atoms with Crippen LogP contribution in [0, 0.1) is 5.82 Å². The van der Waals surface area contributed by atoms with Gasteiger partial charge in [-0.05, 0) is 37.3 Å². The van der Waals surface area contributed by atoms with Gasteiger partial charge in [0.1, 0.15) is 5.82 Å². The summed E-state index contributed by atoms with van der Waals surface area (Å²) in [7, 11) is 0. The SMILES string of the molecule is C[C@@H](OC(=O)c1ccccc1F)C(=O)Nc1ccc2[nH]c(=O)[nH]c2c1. The predicted molar refractivity (Wildman–Crippen MR) is 88.8 cm³/mol. The zero-order valence-electron chi connectivity index (χ0n) is 13.1. The lowest BCUT2D eigenvalue weighted by molar-refractivity contribution is -0.123. The smallest absolute Gasteiger partial charge is 0.341 e. The molecule has 1 amide bonds. The Balaban J connectivity index is 1.68. The topological polar surface area (TPSA) is 104 Å². The molecule has 0 spiro atoms. The Hall–Kier alpha value is -3.42. The Morgan fingerprint density at radius 3 is 2.60 bits per heavy atom. The van der Waals surface area contributed by atoms with E-state index in [0.29, 0.717) is 16.7 Å². The van der Waals surface area contributed by atoms with Gasteiger partial charge in [0.25, 0.3) is 5.91 Å². The van der Waals surface area contributed by atoms with Crippen LogP contribution in [0.3, 0.4) is 0 Å². The molecule has 3 N–H and O–H groups in total. The van der Waals surface area contributed by atoms with Gasteiger partial charge in [0.2, 0.25) is 0 Å². The molecule has 0 radical (unpaired) electrons. The summed E-state index contributed by atoms with van der Waals surface area (Å²) in [6.45, 7) is 1.38. The number of rotatable bonds is 4. The van der Waals surface area contributed by atoms with Crippen molar-refractivity contribution in [2.24, 2.45) is 0 Å². The number of fused-ring (bicyclic) bond motifs is 1. The zero-order chi connectivity index (χ0) is 18.0. The van der Waals surface area contributed by atoms with Crippen LogP contribution >= 0.6 is 0 Å². The molecule has 0 saturated heterocycles. The maximum absolute atomic E-state index is 13.6. The average molecular weight is 343 g/mol. The number of nitrogens with one attached hydrogen (secondary N) is 3. The van der Waals surface area contributed by atoms with Gasteiger partial charge in [-0.15, -0.1) is 0 Å². The van der Waals surface area contributed by atoms with E-state index in [0.717, 1.165) is 6.07 Å². The standard InChI is InChI=1S/C17H14FN3O4/c1-9(25-16(23)11-4-2-3-5-12(11)18)15(22)19-10-6-7-13-14(8-10)21-17(24)20-13/h2-9H,1H3,(H,19,22)(H2,20,21,24)/t9-/m1/s1. The van der Waals surface area contributed by atoms with E-state index in [2.05, 4.69) is 15.3 Å². The van der Waals surface area contributed by atoms with Crippen molar-refractivity contribution in [2.45, 2.75) is 13.0 Å². The second-order valence-electron chi connectivity index (χ2n) is 5.36. The quantitative estimate of drug-likeness (QED) is 0.632. The third-order valence-corrected chi connectivity index (χ3v) is 3.53. The fraction of sp³-hybridized carbons (Fsp3) is 0.118. The number of hydrogen-bond donors (Lipinski definition) is 3. The van der Waals surface area contributed by atoms with E-state index in [4.69, 9.17) is 4.74 Å². The highest BCUT2D eigenvalue weighted by molar-refractivity contribution is 5.98. The fourth-order valence-electron chi connectivity index (χ4n) is 2.26. The molecule has 1 atom stereocenters. The molecule has 0 aliphatic heterocycles. The highest BCUT2D eigenvalue weighted by atomic mass is 19.1. The van der Waals surface area contributed by atoms with Crippen molar-refractivity contribution in [3.8, 4) is 0 Å². The Morgan fingerprint density at radius 1 is 1.12 bits per heavy atom. The van der Waals surface area contributed by atoms with E-state index in [1.807, 2.05) is 0 Å². The van der Waals surface area contributed by atoms with Gasteiger partial charge in [0.05, 0.1) is 16.6 Å². The van der Waals surface area contributed by atoms with Crippen LogP contribution in [-0.2, 0) is 9.53 Å². The molecule has 7 nitrogen and oxygen atoms in total. The molecule has 0 aliphatic rings. The number of ether oxygens (including phenoxy) is 1. The third kappa shape index (κ3) is 3.57. The zero-order valence-corrected chi connectivity index (χ0v) is 13.1. The summed E-state index contributed by atoms with van der Waals surface area (Å²) < 4.78 is 18.5. The first-order valence-corrected chi connectivity index (χ1v) is 7.42. The van der Waals surface area contributed by atoms with E-state index in [9.17, 15) is 18.8 Å². The number of carbonyl (C=O) groups is 2. The van der Waals surface area contributed by atoms with Gasteiger partial charge in [-0.3, -0.25) is 4.79 Å². The lowest BCUT2D eigenvalue weighted by Crippen LogP contribution is -2.30. The Bertz CT molecular complexity index is 1010. The summed E-state index contributed by atoms with van der Waals surface area (Å²) in [4.78, 5) is 40.4. The molecule has 0 saturated carbocycles. The molecule has 1 heterocycles. The van der Waals surface area contributed by atoms with Gasteiger partial charge in [0.15, 0.2) is 6.10 Å². The third-order valence-electron chi connectivity index (χ3n) is 3.53. The monoisotopic (exact) mass is 343 g/mol. The lowest BCUT2D eigenvalue weighted by Gasteiger charge is -2.13. The molecular formula is C17H14FN3O4. The van der Waals surface area contributed by atoms with Crippen LogP contribution < -0.4 is 11.0 Å².